The molecule has 3 rings (SSSR count). The molecule has 8 heteroatoms. The van der Waals surface area contributed by atoms with Crippen molar-refractivity contribution in [1.82, 2.24) is 15.0 Å². The largest absolute Gasteiger partial charge is 0.465 e. The van der Waals surface area contributed by atoms with E-state index in [4.69, 9.17) is 14.2 Å². The monoisotopic (exact) mass is 505 g/mol. The van der Waals surface area contributed by atoms with Crippen LogP contribution in [0.4, 0.5) is 0 Å². The lowest BCUT2D eigenvalue weighted by atomic mass is 10.0. The lowest BCUT2D eigenvalue weighted by molar-refractivity contribution is -0.144. The first kappa shape index (κ1) is 28.8. The van der Waals surface area contributed by atoms with Gasteiger partial charge in [0.05, 0.1) is 31.2 Å². The minimum Gasteiger partial charge on any atom is -0.465 e. The smallest absolute Gasteiger partial charge is 0.305 e. The second-order valence-corrected chi connectivity index (χ2v) is 10.5. The number of fused-ring (bicyclic) bond motifs is 2. The average Bonchev–Trinajstić information content (AvgIpc) is 3.38. The number of nitrogens with zero attached hydrogens (tertiary/aromatic N) is 3. The fourth-order valence-corrected chi connectivity index (χ4v) is 5.53. The Labute approximate surface area is 216 Å². The highest BCUT2D eigenvalue weighted by atomic mass is 16.5. The summed E-state index contributed by atoms with van der Waals surface area (Å²) in [7, 11) is 1.65. The summed E-state index contributed by atoms with van der Waals surface area (Å²) in [4.78, 5) is 24.2. The first-order valence-electron chi connectivity index (χ1n) is 14.3. The van der Waals surface area contributed by atoms with Gasteiger partial charge in [-0.25, -0.2) is 4.68 Å². The van der Waals surface area contributed by atoms with Gasteiger partial charge in [-0.05, 0) is 69.1 Å². The van der Waals surface area contributed by atoms with Gasteiger partial charge in [-0.3, -0.25) is 9.59 Å². The highest BCUT2D eigenvalue weighted by Gasteiger charge is 2.50. The molecule has 3 atom stereocenters. The summed E-state index contributed by atoms with van der Waals surface area (Å²) >= 11 is 0. The third-order valence-electron chi connectivity index (χ3n) is 7.78. The standard InChI is InChI=1S/C28H47N3O5/c1-3-4-5-6-10-22(32)11-7-8-17-31-27-16-14-24-23(13-15-26(27)29-30-31)25(24)21-36-28(33)12-9-18-35-20-19-34-2/h23-25H,3-21H2,1-2H3. The summed E-state index contributed by atoms with van der Waals surface area (Å²) in [6.07, 6.45) is 13.2. The Morgan fingerprint density at radius 2 is 1.69 bits per heavy atom. The first-order chi connectivity index (χ1) is 17.6. The normalized spacial score (nSPS) is 20.8. The van der Waals surface area contributed by atoms with Crippen LogP contribution in [-0.4, -0.2) is 60.3 Å². The van der Waals surface area contributed by atoms with Gasteiger partial charge in [-0.15, -0.1) is 5.10 Å². The lowest BCUT2D eigenvalue weighted by Crippen LogP contribution is -2.10. The third-order valence-corrected chi connectivity index (χ3v) is 7.78. The molecule has 2 aliphatic rings. The van der Waals surface area contributed by atoms with Crippen molar-refractivity contribution in [3.8, 4) is 0 Å². The number of carbonyl (C=O) groups excluding carboxylic acids is 2. The van der Waals surface area contributed by atoms with Crippen LogP contribution in [0.25, 0.3) is 0 Å². The highest BCUT2D eigenvalue weighted by molar-refractivity contribution is 5.78. The van der Waals surface area contributed by atoms with Crippen LogP contribution in [-0.2, 0) is 43.2 Å². The van der Waals surface area contributed by atoms with Gasteiger partial charge in [0.1, 0.15) is 5.78 Å². The zero-order valence-electron chi connectivity index (χ0n) is 22.5. The zero-order valence-corrected chi connectivity index (χ0v) is 22.5. The van der Waals surface area contributed by atoms with Crippen molar-refractivity contribution in [2.24, 2.45) is 17.8 Å². The number of ketones is 1. The highest BCUT2D eigenvalue weighted by Crippen LogP contribution is 2.52. The molecule has 0 bridgehead atoms. The van der Waals surface area contributed by atoms with Gasteiger partial charge in [0.25, 0.3) is 0 Å². The van der Waals surface area contributed by atoms with E-state index in [1.54, 1.807) is 7.11 Å². The molecule has 1 saturated carbocycles. The maximum atomic E-state index is 12.1. The van der Waals surface area contributed by atoms with Crippen molar-refractivity contribution in [3.63, 3.8) is 0 Å². The van der Waals surface area contributed by atoms with E-state index in [-0.39, 0.29) is 5.97 Å². The maximum absolute atomic E-state index is 12.1. The molecule has 204 valence electrons. The molecule has 0 radical (unpaired) electrons. The predicted octanol–water partition coefficient (Wildman–Crippen LogP) is 4.72. The van der Waals surface area contributed by atoms with Crippen LogP contribution < -0.4 is 0 Å². The van der Waals surface area contributed by atoms with E-state index in [1.807, 2.05) is 0 Å². The van der Waals surface area contributed by atoms with E-state index >= 15 is 0 Å². The molecule has 0 amide bonds. The number of hydrogen-bond acceptors (Lipinski definition) is 7. The third kappa shape index (κ3) is 9.58. The van der Waals surface area contributed by atoms with Crippen molar-refractivity contribution >= 4 is 11.8 Å². The maximum Gasteiger partial charge on any atom is 0.305 e. The molecule has 36 heavy (non-hydrogen) atoms. The second-order valence-electron chi connectivity index (χ2n) is 10.5. The van der Waals surface area contributed by atoms with Crippen LogP contribution in [0, 0.1) is 17.8 Å². The number of esters is 1. The van der Waals surface area contributed by atoms with E-state index in [9.17, 15) is 9.59 Å². The van der Waals surface area contributed by atoms with Crippen molar-refractivity contribution in [2.45, 2.75) is 103 Å². The molecular formula is C28H47N3O5. The number of aromatic nitrogens is 3. The van der Waals surface area contributed by atoms with E-state index in [0.717, 1.165) is 63.6 Å². The molecule has 1 aromatic heterocycles. The van der Waals surface area contributed by atoms with Crippen LogP contribution in [0.3, 0.4) is 0 Å². The molecule has 0 N–H and O–H groups in total. The Balaban J connectivity index is 1.31. The number of carbonyl (C=O) groups is 2. The average molecular weight is 506 g/mol. The van der Waals surface area contributed by atoms with E-state index in [2.05, 4.69) is 21.9 Å². The van der Waals surface area contributed by atoms with Crippen LogP contribution in [0.2, 0.25) is 0 Å². The predicted molar refractivity (Wildman–Crippen MR) is 138 cm³/mol. The molecule has 1 aromatic rings. The van der Waals surface area contributed by atoms with Gasteiger partial charge in [0.15, 0.2) is 0 Å². The summed E-state index contributed by atoms with van der Waals surface area (Å²) in [6.45, 7) is 5.28. The molecule has 0 aromatic carbocycles. The summed E-state index contributed by atoms with van der Waals surface area (Å²) in [6, 6.07) is 0. The molecular weight excluding hydrogens is 458 g/mol. The SMILES string of the molecule is CCCCCCC(=O)CCCCn1nnc2c1CCC1C(CC2)C1COC(=O)CCCOCCOC. The van der Waals surface area contributed by atoms with Gasteiger partial charge in [0, 0.05) is 39.5 Å². The quantitative estimate of drug-likeness (QED) is 0.198. The van der Waals surface area contributed by atoms with Gasteiger partial charge >= 0.3 is 5.97 Å². The Morgan fingerprint density at radius 1 is 0.917 bits per heavy atom. The summed E-state index contributed by atoms with van der Waals surface area (Å²) in [5.41, 5.74) is 2.41. The Morgan fingerprint density at radius 3 is 2.47 bits per heavy atom. The fraction of sp³-hybridized carbons (Fsp3) is 0.857. The Hall–Kier alpha value is -1.80. The fourth-order valence-electron chi connectivity index (χ4n) is 5.53. The molecule has 0 saturated heterocycles. The van der Waals surface area contributed by atoms with E-state index < -0.39 is 0 Å². The van der Waals surface area contributed by atoms with E-state index in [0.29, 0.717) is 69.2 Å². The van der Waals surface area contributed by atoms with Crippen molar-refractivity contribution in [1.29, 1.82) is 0 Å². The minimum absolute atomic E-state index is 0.121. The van der Waals surface area contributed by atoms with Gasteiger partial charge in [-0.2, -0.15) is 0 Å². The van der Waals surface area contributed by atoms with Crippen molar-refractivity contribution in [3.05, 3.63) is 11.4 Å². The van der Waals surface area contributed by atoms with Crippen molar-refractivity contribution < 1.29 is 23.8 Å². The number of ether oxygens (including phenoxy) is 3. The number of rotatable bonds is 19. The van der Waals surface area contributed by atoms with Gasteiger partial charge in [0.2, 0.25) is 0 Å². The molecule has 0 aliphatic heterocycles. The summed E-state index contributed by atoms with van der Waals surface area (Å²) in [5, 5.41) is 8.92. The first-order valence-corrected chi connectivity index (χ1v) is 14.3. The number of hydrogen-bond donors (Lipinski definition) is 0. The van der Waals surface area contributed by atoms with Crippen molar-refractivity contribution in [2.75, 3.05) is 33.5 Å². The number of aryl methyl sites for hydroxylation is 2. The molecule has 3 unspecified atom stereocenters. The summed E-state index contributed by atoms with van der Waals surface area (Å²) in [5.74, 6) is 2.04. The topological polar surface area (TPSA) is 92.5 Å². The molecule has 2 aliphatic carbocycles. The van der Waals surface area contributed by atoms with Crippen LogP contribution in [0.15, 0.2) is 0 Å². The Kier molecular flexibility index (Phi) is 12.9. The zero-order chi connectivity index (χ0) is 25.6. The number of methoxy groups -OCH3 is 1. The Bertz CT molecular complexity index is 796. The van der Waals surface area contributed by atoms with E-state index in [1.165, 1.54) is 25.0 Å². The number of unbranched alkanes of at least 4 members (excludes halogenated alkanes) is 4. The van der Waals surface area contributed by atoms with Crippen LogP contribution in [0.5, 0.6) is 0 Å². The minimum atomic E-state index is -0.121. The van der Waals surface area contributed by atoms with Crippen LogP contribution >= 0.6 is 0 Å². The molecule has 1 heterocycles. The number of Topliss-reactive ketones (excluding diaryl/α,β-unsaturated/α-hetero) is 1. The molecule has 8 nitrogen and oxygen atoms in total. The van der Waals surface area contributed by atoms with Crippen LogP contribution in [0.1, 0.15) is 95.4 Å². The van der Waals surface area contributed by atoms with Gasteiger partial charge < -0.3 is 14.2 Å². The molecule has 1 fully saturated rings. The lowest BCUT2D eigenvalue weighted by Gasteiger charge is -2.10. The molecule has 0 spiro atoms. The summed E-state index contributed by atoms with van der Waals surface area (Å²) < 4.78 is 18.0. The second kappa shape index (κ2) is 16.1. The van der Waals surface area contributed by atoms with Gasteiger partial charge in [-0.1, -0.05) is 31.4 Å².